The zero-order chi connectivity index (χ0) is 25.8. The second kappa shape index (κ2) is 15.6. The van der Waals surface area contributed by atoms with Crippen LogP contribution in [-0.4, -0.2) is 72.9 Å². The molecular weight excluding hydrogens is 473 g/mol. The van der Waals surface area contributed by atoms with E-state index in [1.54, 1.807) is 0 Å². The van der Waals surface area contributed by atoms with Crippen molar-refractivity contribution >= 4 is 13.8 Å². The van der Waals surface area contributed by atoms with Gasteiger partial charge in [0.15, 0.2) is 0 Å². The van der Waals surface area contributed by atoms with Gasteiger partial charge in [0.2, 0.25) is 0 Å². The van der Waals surface area contributed by atoms with Crippen molar-refractivity contribution in [3.8, 4) is 5.75 Å². The molecule has 35 heavy (non-hydrogen) atoms. The lowest BCUT2D eigenvalue weighted by Crippen LogP contribution is -2.42. The number of ether oxygens (including phenoxy) is 1. The van der Waals surface area contributed by atoms with Crippen LogP contribution in [-0.2, 0) is 23.8 Å². The largest absolute Gasteiger partial charge is 0.870 e. The van der Waals surface area contributed by atoms with Crippen LogP contribution in [0.3, 0.4) is 0 Å². The molecule has 9 nitrogen and oxygen atoms in total. The lowest BCUT2D eigenvalue weighted by Gasteiger charge is -2.29. The maximum atomic E-state index is 12.2. The summed E-state index contributed by atoms with van der Waals surface area (Å²) in [6.45, 7) is 7.65. The number of phosphoric acid groups is 1. The molecule has 0 aliphatic carbocycles. The van der Waals surface area contributed by atoms with Gasteiger partial charge in [0.05, 0.1) is 40.8 Å². The third-order valence-electron chi connectivity index (χ3n) is 5.22. The van der Waals surface area contributed by atoms with E-state index in [2.05, 4.69) is 32.9 Å². The molecule has 0 heterocycles. The van der Waals surface area contributed by atoms with Gasteiger partial charge in [-0.25, -0.2) is 4.57 Å². The molecule has 0 aliphatic heterocycles. The van der Waals surface area contributed by atoms with Gasteiger partial charge in [-0.3, -0.25) is 13.8 Å². The molecule has 0 aliphatic rings. The third-order valence-corrected chi connectivity index (χ3v) is 6.29. The average molecular weight is 520 g/mol. The molecule has 0 saturated heterocycles. The highest BCUT2D eigenvalue weighted by Gasteiger charge is 2.31. The van der Waals surface area contributed by atoms with Crippen LogP contribution in [0.1, 0.15) is 71.3 Å². The van der Waals surface area contributed by atoms with E-state index >= 15 is 0 Å². The standard InChI is InChI=1S/C25H44NO7P.H2O/c1-25(2,3)21-13-15-22(16-14-21)31-17-11-9-7-8-10-12-18-32-34(29,30)33-23(19-24(27)28)20-26(4,5)6;/h13-16,23H,7-12,17-20H2,1-6H3,(H-,27,28,29,30);1H2. The van der Waals surface area contributed by atoms with Crippen LogP contribution < -0.4 is 4.74 Å². The summed E-state index contributed by atoms with van der Waals surface area (Å²) >= 11 is 0. The lowest BCUT2D eigenvalue weighted by atomic mass is 9.87. The minimum Gasteiger partial charge on any atom is -0.870 e. The highest BCUT2D eigenvalue weighted by Crippen LogP contribution is 2.45. The zero-order valence-electron chi connectivity index (χ0n) is 22.2. The Labute approximate surface area is 210 Å². The van der Waals surface area contributed by atoms with Gasteiger partial charge in [0, 0.05) is 0 Å². The molecule has 0 fully saturated rings. The Morgan fingerprint density at radius 3 is 1.97 bits per heavy atom. The Balaban J connectivity index is 0.0000116. The third kappa shape index (κ3) is 16.8. The number of phosphoric ester groups is 1. The fourth-order valence-corrected chi connectivity index (χ4v) is 4.43. The van der Waals surface area contributed by atoms with E-state index < -0.39 is 19.9 Å². The number of nitrogens with zero attached hydrogens (tertiary/aromatic N) is 1. The van der Waals surface area contributed by atoms with Gasteiger partial charge in [-0.15, -0.1) is 0 Å². The SMILES string of the molecule is CC(C)(C)c1ccc(OCCCCCCCCOP(=O)(O)OC(CC(=O)O)C[N+](C)(C)C)cc1.[OH-]. The highest BCUT2D eigenvalue weighted by molar-refractivity contribution is 7.47. The van der Waals surface area contributed by atoms with Gasteiger partial charge in [-0.1, -0.05) is 58.6 Å². The Bertz CT molecular complexity index is 771. The molecule has 0 amide bonds. The van der Waals surface area contributed by atoms with Crippen LogP contribution in [0.5, 0.6) is 5.75 Å². The summed E-state index contributed by atoms with van der Waals surface area (Å²) in [6.07, 6.45) is 4.38. The molecule has 1 rings (SSSR count). The van der Waals surface area contributed by atoms with E-state index in [0.717, 1.165) is 37.9 Å². The molecular formula is C25H46NO8P. The number of hydrogen-bond donors (Lipinski definition) is 2. The predicted octanol–water partition coefficient (Wildman–Crippen LogP) is 5.21. The first-order valence-electron chi connectivity index (χ1n) is 12.1. The molecule has 0 radical (unpaired) electrons. The Kier molecular flexibility index (Phi) is 14.9. The lowest BCUT2D eigenvalue weighted by molar-refractivity contribution is -0.873. The molecule has 0 aromatic heterocycles. The summed E-state index contributed by atoms with van der Waals surface area (Å²) in [6, 6.07) is 8.28. The number of carboxylic acids is 1. The summed E-state index contributed by atoms with van der Waals surface area (Å²) < 4.78 is 28.6. The van der Waals surface area contributed by atoms with Crippen molar-refractivity contribution in [1.82, 2.24) is 0 Å². The summed E-state index contributed by atoms with van der Waals surface area (Å²) in [7, 11) is 1.28. The van der Waals surface area contributed by atoms with Gasteiger partial charge < -0.3 is 24.7 Å². The normalized spacial score (nSPS) is 14.6. The van der Waals surface area contributed by atoms with Gasteiger partial charge in [-0.2, -0.15) is 0 Å². The molecule has 0 saturated carbocycles. The number of unbranched alkanes of at least 4 members (excludes halogenated alkanes) is 5. The van der Waals surface area contributed by atoms with Crippen molar-refractivity contribution in [2.45, 2.75) is 77.2 Å². The first kappa shape index (κ1) is 33.5. The number of aliphatic carboxylic acids is 1. The average Bonchev–Trinajstić information content (AvgIpc) is 2.66. The molecule has 10 heteroatoms. The fraction of sp³-hybridized carbons (Fsp3) is 0.720. The second-order valence-corrected chi connectivity index (χ2v) is 12.3. The molecule has 2 atom stereocenters. The van der Waals surface area contributed by atoms with Crippen LogP contribution in [0.4, 0.5) is 0 Å². The Hall–Kier alpha value is -1.48. The van der Waals surface area contributed by atoms with E-state index in [4.69, 9.17) is 18.9 Å². The summed E-state index contributed by atoms with van der Waals surface area (Å²) in [5.74, 6) is -0.185. The van der Waals surface area contributed by atoms with E-state index in [-0.39, 0.29) is 30.5 Å². The topological polar surface area (TPSA) is 132 Å². The number of rotatable bonds is 17. The number of likely N-dealkylation sites (N-methyl/N-ethyl adjacent to an activating group) is 1. The number of quaternary nitrogens is 1. The smallest absolute Gasteiger partial charge is 0.472 e. The van der Waals surface area contributed by atoms with Crippen LogP contribution in [0.15, 0.2) is 24.3 Å². The number of carboxylic acid groups (broad SMARTS) is 1. The maximum absolute atomic E-state index is 12.2. The summed E-state index contributed by atoms with van der Waals surface area (Å²) in [4.78, 5) is 21.0. The van der Waals surface area contributed by atoms with E-state index in [9.17, 15) is 14.3 Å². The van der Waals surface area contributed by atoms with Crippen LogP contribution >= 0.6 is 7.82 Å². The minimum absolute atomic E-state index is 0. The second-order valence-electron chi connectivity index (χ2n) is 10.8. The zero-order valence-corrected chi connectivity index (χ0v) is 23.1. The van der Waals surface area contributed by atoms with Crippen molar-refractivity contribution in [3.63, 3.8) is 0 Å². The molecule has 1 aromatic carbocycles. The maximum Gasteiger partial charge on any atom is 0.472 e. The Morgan fingerprint density at radius 2 is 1.49 bits per heavy atom. The Morgan fingerprint density at radius 1 is 0.971 bits per heavy atom. The fourth-order valence-electron chi connectivity index (χ4n) is 3.49. The quantitative estimate of drug-likeness (QED) is 0.163. The molecule has 0 bridgehead atoms. The summed E-state index contributed by atoms with van der Waals surface area (Å²) in [5.41, 5.74) is 1.43. The highest BCUT2D eigenvalue weighted by atomic mass is 31.2. The van der Waals surface area contributed by atoms with Crippen molar-refractivity contribution in [1.29, 1.82) is 0 Å². The van der Waals surface area contributed by atoms with Crippen molar-refractivity contribution in [3.05, 3.63) is 29.8 Å². The van der Waals surface area contributed by atoms with Crippen LogP contribution in [0.25, 0.3) is 0 Å². The van der Waals surface area contributed by atoms with Crippen LogP contribution in [0, 0.1) is 0 Å². The molecule has 2 unspecified atom stereocenters. The molecule has 0 spiro atoms. The van der Waals surface area contributed by atoms with Gasteiger partial charge in [0.1, 0.15) is 18.4 Å². The van der Waals surface area contributed by atoms with E-state index in [0.29, 0.717) is 17.5 Å². The predicted molar refractivity (Wildman–Crippen MR) is 136 cm³/mol. The molecule has 204 valence electrons. The minimum atomic E-state index is -4.29. The van der Waals surface area contributed by atoms with Crippen molar-refractivity contribution in [2.24, 2.45) is 0 Å². The first-order valence-corrected chi connectivity index (χ1v) is 13.6. The molecule has 1 aromatic rings. The molecule has 3 N–H and O–H groups in total. The first-order chi connectivity index (χ1) is 15.7. The number of carbonyl (C=O) groups is 1. The van der Waals surface area contributed by atoms with E-state index in [1.165, 1.54) is 5.56 Å². The van der Waals surface area contributed by atoms with E-state index in [1.807, 2.05) is 33.3 Å². The van der Waals surface area contributed by atoms with Crippen molar-refractivity contribution in [2.75, 3.05) is 40.9 Å². The van der Waals surface area contributed by atoms with Gasteiger partial charge >= 0.3 is 13.8 Å². The number of benzene rings is 1. The summed E-state index contributed by atoms with van der Waals surface area (Å²) in [5, 5.41) is 9.02. The van der Waals surface area contributed by atoms with Gasteiger partial charge in [0.25, 0.3) is 0 Å². The van der Waals surface area contributed by atoms with Crippen LogP contribution in [0.2, 0.25) is 0 Å². The monoisotopic (exact) mass is 519 g/mol. The number of hydrogen-bond acceptors (Lipinski definition) is 6. The van der Waals surface area contributed by atoms with Crippen molar-refractivity contribution < 1.29 is 43.1 Å². The van der Waals surface area contributed by atoms with Gasteiger partial charge in [-0.05, 0) is 36.0 Å².